The van der Waals surface area contributed by atoms with Crippen molar-refractivity contribution in [2.24, 2.45) is 0 Å². The predicted molar refractivity (Wildman–Crippen MR) is 64.2 cm³/mol. The van der Waals surface area contributed by atoms with E-state index in [9.17, 15) is 8.78 Å². The highest BCUT2D eigenvalue weighted by atomic mass is 32.1. The predicted octanol–water partition coefficient (Wildman–Crippen LogP) is 3.70. The van der Waals surface area contributed by atoms with Crippen LogP contribution in [0.4, 0.5) is 8.78 Å². The average Bonchev–Trinajstić information content (AvgIpc) is 2.30. The molecule has 5 heteroatoms. The molecule has 0 saturated carbocycles. The number of halogens is 2. The lowest BCUT2D eigenvalue weighted by atomic mass is 10.0. The Morgan fingerprint density at radius 2 is 1.88 bits per heavy atom. The van der Waals surface area contributed by atoms with Gasteiger partial charge in [0.2, 0.25) is 0 Å². The minimum absolute atomic E-state index is 0.136. The number of nitrogens with one attached hydrogen (secondary N) is 1. The monoisotopic (exact) mass is 252 g/mol. The van der Waals surface area contributed by atoms with Gasteiger partial charge in [-0.1, -0.05) is 12.2 Å². The second-order valence-electron chi connectivity index (χ2n) is 3.78. The second-order valence-corrected chi connectivity index (χ2v) is 4.18. The van der Waals surface area contributed by atoms with Gasteiger partial charge in [0.25, 0.3) is 0 Å². The van der Waals surface area contributed by atoms with Crippen LogP contribution in [0.3, 0.4) is 0 Å². The van der Waals surface area contributed by atoms with Crippen LogP contribution in [0, 0.1) is 30.1 Å². The lowest BCUT2D eigenvalue weighted by Crippen LogP contribution is -1.98. The minimum atomic E-state index is -0.507. The molecule has 0 spiro atoms. The van der Waals surface area contributed by atoms with Gasteiger partial charge in [-0.25, -0.2) is 8.78 Å². The molecule has 88 valence electrons. The summed E-state index contributed by atoms with van der Waals surface area (Å²) in [5.74, 6) is -1.00. The Bertz CT molecular complexity index is 635. The molecule has 0 saturated heterocycles. The molecule has 2 aromatic rings. The standard InChI is InChI=1S/C12H10F2N2S/c1-6-7(2)12(17)16-15-11(6)9-5-8(13)3-4-10(9)14/h3-5H,1-2H3,(H,16,17). The van der Waals surface area contributed by atoms with E-state index < -0.39 is 11.6 Å². The fraction of sp³-hybridized carbons (Fsp3) is 0.167. The molecule has 0 aliphatic carbocycles. The zero-order valence-electron chi connectivity index (χ0n) is 9.34. The Balaban J connectivity index is 2.73. The summed E-state index contributed by atoms with van der Waals surface area (Å²) in [6.07, 6.45) is 0. The van der Waals surface area contributed by atoms with E-state index in [1.807, 2.05) is 6.92 Å². The Hall–Kier alpha value is -1.62. The molecule has 17 heavy (non-hydrogen) atoms. The fourth-order valence-electron chi connectivity index (χ4n) is 1.56. The molecule has 0 aliphatic heterocycles. The van der Waals surface area contributed by atoms with Crippen LogP contribution >= 0.6 is 12.2 Å². The minimum Gasteiger partial charge on any atom is -0.267 e. The Morgan fingerprint density at radius 1 is 1.18 bits per heavy atom. The maximum Gasteiger partial charge on any atom is 0.132 e. The third kappa shape index (κ3) is 2.10. The summed E-state index contributed by atoms with van der Waals surface area (Å²) < 4.78 is 27.2. The average molecular weight is 252 g/mol. The van der Waals surface area contributed by atoms with Crippen molar-refractivity contribution in [3.05, 3.63) is 45.6 Å². The zero-order valence-corrected chi connectivity index (χ0v) is 10.2. The molecular formula is C12H10F2N2S. The van der Waals surface area contributed by atoms with Crippen molar-refractivity contribution in [3.63, 3.8) is 0 Å². The number of H-pyrrole nitrogens is 1. The number of benzene rings is 1. The highest BCUT2D eigenvalue weighted by Crippen LogP contribution is 2.26. The molecule has 0 atom stereocenters. The second kappa shape index (κ2) is 4.33. The molecule has 1 aromatic carbocycles. The van der Waals surface area contributed by atoms with E-state index in [0.29, 0.717) is 10.3 Å². The van der Waals surface area contributed by atoms with Crippen LogP contribution in [0.1, 0.15) is 11.1 Å². The van der Waals surface area contributed by atoms with Gasteiger partial charge in [-0.3, -0.25) is 5.10 Å². The van der Waals surface area contributed by atoms with Crippen molar-refractivity contribution in [1.82, 2.24) is 10.2 Å². The molecule has 0 amide bonds. The Labute approximate surface area is 102 Å². The summed E-state index contributed by atoms with van der Waals surface area (Å²) in [6.45, 7) is 3.60. The number of nitrogens with zero attached hydrogens (tertiary/aromatic N) is 1. The third-order valence-electron chi connectivity index (χ3n) is 2.71. The zero-order chi connectivity index (χ0) is 12.6. The molecule has 2 rings (SSSR count). The molecule has 0 radical (unpaired) electrons. The summed E-state index contributed by atoms with van der Waals surface area (Å²) in [6, 6.07) is 3.29. The van der Waals surface area contributed by atoms with Crippen molar-refractivity contribution < 1.29 is 8.78 Å². The smallest absolute Gasteiger partial charge is 0.132 e. The molecule has 1 aromatic heterocycles. The number of hydrogen-bond donors (Lipinski definition) is 1. The van der Waals surface area contributed by atoms with E-state index in [1.165, 1.54) is 0 Å². The van der Waals surface area contributed by atoms with Crippen molar-refractivity contribution in [1.29, 1.82) is 0 Å². The molecule has 0 bridgehead atoms. The lowest BCUT2D eigenvalue weighted by Gasteiger charge is -2.08. The Kier molecular flexibility index (Phi) is 3.02. The summed E-state index contributed by atoms with van der Waals surface area (Å²) in [5, 5.41) is 6.60. The van der Waals surface area contributed by atoms with Gasteiger partial charge in [0.05, 0.1) is 5.69 Å². The van der Waals surface area contributed by atoms with Gasteiger partial charge in [-0.2, -0.15) is 5.10 Å². The maximum atomic E-state index is 13.6. The van der Waals surface area contributed by atoms with Crippen LogP contribution in [0.2, 0.25) is 0 Å². The maximum absolute atomic E-state index is 13.6. The first-order valence-electron chi connectivity index (χ1n) is 5.02. The summed E-state index contributed by atoms with van der Waals surface area (Å²) in [7, 11) is 0. The molecule has 0 aliphatic rings. The summed E-state index contributed by atoms with van der Waals surface area (Å²) >= 11 is 5.02. The van der Waals surface area contributed by atoms with Gasteiger partial charge in [-0.15, -0.1) is 0 Å². The summed E-state index contributed by atoms with van der Waals surface area (Å²) in [5.41, 5.74) is 2.08. The normalized spacial score (nSPS) is 10.6. The van der Waals surface area contributed by atoms with Crippen molar-refractivity contribution in [2.45, 2.75) is 13.8 Å². The van der Waals surface area contributed by atoms with Crippen molar-refractivity contribution >= 4 is 12.2 Å². The lowest BCUT2D eigenvalue weighted by molar-refractivity contribution is 0.602. The van der Waals surface area contributed by atoms with Crippen LogP contribution in [0.25, 0.3) is 11.3 Å². The van der Waals surface area contributed by atoms with Crippen LogP contribution < -0.4 is 0 Å². The van der Waals surface area contributed by atoms with E-state index in [2.05, 4.69) is 10.2 Å². The molecule has 0 fully saturated rings. The van der Waals surface area contributed by atoms with Gasteiger partial charge in [0.1, 0.15) is 16.3 Å². The highest BCUT2D eigenvalue weighted by Gasteiger charge is 2.12. The van der Waals surface area contributed by atoms with Gasteiger partial charge in [0.15, 0.2) is 0 Å². The largest absolute Gasteiger partial charge is 0.267 e. The number of rotatable bonds is 1. The van der Waals surface area contributed by atoms with Gasteiger partial charge in [-0.05, 0) is 43.2 Å². The Morgan fingerprint density at radius 3 is 2.59 bits per heavy atom. The number of aromatic amines is 1. The van der Waals surface area contributed by atoms with E-state index >= 15 is 0 Å². The highest BCUT2D eigenvalue weighted by molar-refractivity contribution is 7.71. The third-order valence-corrected chi connectivity index (χ3v) is 3.11. The molecular weight excluding hydrogens is 242 g/mol. The van der Waals surface area contributed by atoms with Gasteiger partial charge >= 0.3 is 0 Å². The molecule has 0 unspecified atom stereocenters. The van der Waals surface area contributed by atoms with E-state index in [0.717, 1.165) is 29.3 Å². The first-order valence-corrected chi connectivity index (χ1v) is 5.43. The van der Waals surface area contributed by atoms with E-state index in [-0.39, 0.29) is 5.56 Å². The quantitative estimate of drug-likeness (QED) is 0.784. The molecule has 2 nitrogen and oxygen atoms in total. The SMILES string of the molecule is Cc1c(-c2cc(F)ccc2F)n[nH]c(=S)c1C. The number of hydrogen-bond acceptors (Lipinski definition) is 2. The van der Waals surface area contributed by atoms with Gasteiger partial charge < -0.3 is 0 Å². The van der Waals surface area contributed by atoms with Crippen LogP contribution in [0.15, 0.2) is 18.2 Å². The topological polar surface area (TPSA) is 28.7 Å². The fourth-order valence-corrected chi connectivity index (χ4v) is 1.76. The summed E-state index contributed by atoms with van der Waals surface area (Å²) in [4.78, 5) is 0. The first kappa shape index (κ1) is 11.9. The number of aromatic nitrogens is 2. The molecule has 1 N–H and O–H groups in total. The van der Waals surface area contributed by atoms with E-state index in [1.54, 1.807) is 6.92 Å². The van der Waals surface area contributed by atoms with Crippen LogP contribution in [-0.2, 0) is 0 Å². The van der Waals surface area contributed by atoms with Crippen molar-refractivity contribution in [3.8, 4) is 11.3 Å². The molecule has 1 heterocycles. The first-order chi connectivity index (χ1) is 8.00. The van der Waals surface area contributed by atoms with Crippen LogP contribution in [-0.4, -0.2) is 10.2 Å². The van der Waals surface area contributed by atoms with E-state index in [4.69, 9.17) is 12.2 Å². The van der Waals surface area contributed by atoms with Gasteiger partial charge in [0, 0.05) is 5.56 Å². The van der Waals surface area contributed by atoms with Crippen LogP contribution in [0.5, 0.6) is 0 Å². The van der Waals surface area contributed by atoms with Crippen molar-refractivity contribution in [2.75, 3.05) is 0 Å².